The van der Waals surface area contributed by atoms with Gasteiger partial charge in [-0.15, -0.1) is 0 Å². The average molecular weight is 463 g/mol. The molecule has 0 aliphatic carbocycles. The minimum atomic E-state index is -0.211. The summed E-state index contributed by atoms with van der Waals surface area (Å²) in [6, 6.07) is 14.4. The third kappa shape index (κ3) is 4.42. The third-order valence-electron chi connectivity index (χ3n) is 5.98. The molecular formula is C25H23ClN4O3. The van der Waals surface area contributed by atoms with Crippen LogP contribution in [0.1, 0.15) is 28.8 Å². The van der Waals surface area contributed by atoms with E-state index in [0.29, 0.717) is 50.5 Å². The number of piperidine rings is 1. The summed E-state index contributed by atoms with van der Waals surface area (Å²) in [4.78, 5) is 27.6. The summed E-state index contributed by atoms with van der Waals surface area (Å²) in [6.07, 6.45) is 5.15. The summed E-state index contributed by atoms with van der Waals surface area (Å²) < 4.78 is 5.80. The van der Waals surface area contributed by atoms with Gasteiger partial charge in [0.05, 0.1) is 10.6 Å². The zero-order chi connectivity index (χ0) is 22.8. The number of ketones is 1. The van der Waals surface area contributed by atoms with Gasteiger partial charge in [0, 0.05) is 49.1 Å². The first-order chi connectivity index (χ1) is 16.1. The highest BCUT2D eigenvalue weighted by Crippen LogP contribution is 2.30. The molecule has 0 saturated carbocycles. The molecule has 2 aromatic heterocycles. The third-order valence-corrected chi connectivity index (χ3v) is 6.30. The second-order valence-corrected chi connectivity index (χ2v) is 8.54. The Labute approximate surface area is 196 Å². The van der Waals surface area contributed by atoms with Crippen molar-refractivity contribution in [2.75, 3.05) is 24.6 Å². The molecule has 0 radical (unpaired) electrons. The lowest BCUT2D eigenvalue weighted by molar-refractivity contribution is 0.104. The van der Waals surface area contributed by atoms with E-state index >= 15 is 0 Å². The van der Waals surface area contributed by atoms with Crippen LogP contribution in [0.4, 0.5) is 5.95 Å². The Morgan fingerprint density at radius 2 is 1.91 bits per heavy atom. The van der Waals surface area contributed by atoms with E-state index in [1.54, 1.807) is 30.6 Å². The van der Waals surface area contributed by atoms with Gasteiger partial charge in [-0.05, 0) is 43.0 Å². The number of aromatic nitrogens is 3. The molecule has 1 fully saturated rings. The highest BCUT2D eigenvalue weighted by molar-refractivity contribution is 6.35. The molecule has 0 spiro atoms. The fraction of sp³-hybridized carbons (Fsp3) is 0.240. The number of fused-ring (bicyclic) bond motifs is 1. The van der Waals surface area contributed by atoms with Gasteiger partial charge in [0.15, 0.2) is 5.78 Å². The summed E-state index contributed by atoms with van der Waals surface area (Å²) >= 11 is 6.44. The molecule has 168 valence electrons. The Kier molecular flexibility index (Phi) is 5.98. The highest BCUT2D eigenvalue weighted by Gasteiger charge is 2.22. The van der Waals surface area contributed by atoms with Crippen molar-refractivity contribution in [3.63, 3.8) is 0 Å². The standard InChI is InChI=1S/C25H23ClN4O3/c26-22-12-18(33-17-4-2-1-3-5-17)6-7-19(22)23(32)20-13-27-24-21(20)14-28-25(29-24)30-10-8-16(15-31)9-11-30/h1-7,12-14,16,31H,8-11,15H2,(H,27,28,29). The first kappa shape index (κ1) is 21.4. The summed E-state index contributed by atoms with van der Waals surface area (Å²) in [7, 11) is 0. The number of hydrogen-bond acceptors (Lipinski definition) is 6. The van der Waals surface area contributed by atoms with Crippen molar-refractivity contribution in [1.29, 1.82) is 0 Å². The fourth-order valence-electron chi connectivity index (χ4n) is 4.07. The second-order valence-electron chi connectivity index (χ2n) is 8.13. The van der Waals surface area contributed by atoms with Gasteiger partial charge in [0.2, 0.25) is 5.95 Å². The summed E-state index contributed by atoms with van der Waals surface area (Å²) in [5.41, 5.74) is 1.45. The number of aliphatic hydroxyl groups excluding tert-OH is 1. The number of ether oxygens (including phenoxy) is 1. The average Bonchev–Trinajstić information content (AvgIpc) is 3.28. The lowest BCUT2D eigenvalue weighted by atomic mass is 9.98. The number of H-pyrrole nitrogens is 1. The Morgan fingerprint density at radius 1 is 1.12 bits per heavy atom. The highest BCUT2D eigenvalue weighted by atomic mass is 35.5. The molecule has 4 aromatic rings. The Morgan fingerprint density at radius 3 is 2.64 bits per heavy atom. The number of aromatic amines is 1. The minimum absolute atomic E-state index is 0.211. The van der Waals surface area contributed by atoms with Crippen LogP contribution in [-0.4, -0.2) is 45.5 Å². The van der Waals surface area contributed by atoms with Gasteiger partial charge in [0.1, 0.15) is 17.1 Å². The Balaban J connectivity index is 1.36. The lowest BCUT2D eigenvalue weighted by Crippen LogP contribution is -2.35. The summed E-state index contributed by atoms with van der Waals surface area (Å²) in [5.74, 6) is 2.00. The van der Waals surface area contributed by atoms with Crippen LogP contribution in [0, 0.1) is 5.92 Å². The maximum Gasteiger partial charge on any atom is 0.227 e. The van der Waals surface area contributed by atoms with Crippen molar-refractivity contribution in [3.05, 3.63) is 77.1 Å². The van der Waals surface area contributed by atoms with Gasteiger partial charge in [-0.1, -0.05) is 29.8 Å². The molecule has 7 nitrogen and oxygen atoms in total. The normalized spacial score (nSPS) is 14.5. The van der Waals surface area contributed by atoms with Crippen LogP contribution in [0.5, 0.6) is 11.5 Å². The van der Waals surface area contributed by atoms with Crippen molar-refractivity contribution in [2.24, 2.45) is 5.92 Å². The van der Waals surface area contributed by atoms with E-state index in [0.717, 1.165) is 25.9 Å². The van der Waals surface area contributed by atoms with Gasteiger partial charge in [-0.2, -0.15) is 4.98 Å². The van der Waals surface area contributed by atoms with Crippen LogP contribution < -0.4 is 9.64 Å². The maximum absolute atomic E-state index is 13.2. The molecule has 0 amide bonds. The molecule has 8 heteroatoms. The van der Waals surface area contributed by atoms with Crippen LogP contribution in [0.15, 0.2) is 60.9 Å². The zero-order valence-electron chi connectivity index (χ0n) is 17.9. The molecule has 0 unspecified atom stereocenters. The number of nitrogens with zero attached hydrogens (tertiary/aromatic N) is 3. The molecule has 33 heavy (non-hydrogen) atoms. The number of aliphatic hydroxyl groups is 1. The van der Waals surface area contributed by atoms with Gasteiger partial charge >= 0.3 is 0 Å². The number of hydrogen-bond donors (Lipinski definition) is 2. The van der Waals surface area contributed by atoms with Crippen molar-refractivity contribution >= 4 is 34.4 Å². The molecule has 0 atom stereocenters. The van der Waals surface area contributed by atoms with E-state index in [1.165, 1.54) is 0 Å². The smallest absolute Gasteiger partial charge is 0.227 e. The molecular weight excluding hydrogens is 440 g/mol. The van der Waals surface area contributed by atoms with E-state index < -0.39 is 0 Å². The van der Waals surface area contributed by atoms with Crippen LogP contribution in [0.2, 0.25) is 5.02 Å². The van der Waals surface area contributed by atoms with Crippen LogP contribution in [0.3, 0.4) is 0 Å². The zero-order valence-corrected chi connectivity index (χ0v) is 18.6. The molecule has 5 rings (SSSR count). The van der Waals surface area contributed by atoms with Crippen LogP contribution in [0.25, 0.3) is 11.0 Å². The van der Waals surface area contributed by atoms with Gasteiger partial charge in [-0.3, -0.25) is 4.79 Å². The van der Waals surface area contributed by atoms with Crippen molar-refractivity contribution in [1.82, 2.24) is 15.0 Å². The first-order valence-corrected chi connectivity index (χ1v) is 11.3. The predicted octanol–water partition coefficient (Wildman–Crippen LogP) is 4.84. The Hall–Kier alpha value is -3.42. The SMILES string of the molecule is O=C(c1ccc(Oc2ccccc2)cc1Cl)c1c[nH]c2nc(N3CCC(CO)CC3)ncc12. The molecule has 3 heterocycles. The van der Waals surface area contributed by atoms with E-state index in [-0.39, 0.29) is 12.4 Å². The first-order valence-electron chi connectivity index (χ1n) is 10.9. The number of anilines is 1. The number of nitrogens with one attached hydrogen (secondary N) is 1. The monoisotopic (exact) mass is 462 g/mol. The molecule has 0 bridgehead atoms. The summed E-state index contributed by atoms with van der Waals surface area (Å²) in [5, 5.41) is 10.3. The largest absolute Gasteiger partial charge is 0.457 e. The lowest BCUT2D eigenvalue weighted by Gasteiger charge is -2.30. The van der Waals surface area contributed by atoms with Crippen molar-refractivity contribution < 1.29 is 14.6 Å². The molecule has 1 aliphatic rings. The topological polar surface area (TPSA) is 91.3 Å². The Bertz CT molecular complexity index is 1280. The van der Waals surface area contributed by atoms with E-state index in [1.807, 2.05) is 30.3 Å². The van der Waals surface area contributed by atoms with Crippen LogP contribution >= 0.6 is 11.6 Å². The fourth-order valence-corrected chi connectivity index (χ4v) is 4.32. The van der Waals surface area contributed by atoms with Gasteiger partial charge < -0.3 is 19.7 Å². The molecule has 1 aliphatic heterocycles. The number of para-hydroxylation sites is 1. The minimum Gasteiger partial charge on any atom is -0.457 e. The van der Waals surface area contributed by atoms with E-state index in [2.05, 4.69) is 19.9 Å². The number of rotatable bonds is 6. The molecule has 2 aromatic carbocycles. The second kappa shape index (κ2) is 9.21. The van der Waals surface area contributed by atoms with Crippen molar-refractivity contribution in [2.45, 2.75) is 12.8 Å². The van der Waals surface area contributed by atoms with Crippen molar-refractivity contribution in [3.8, 4) is 11.5 Å². The van der Waals surface area contributed by atoms with Crippen LogP contribution in [-0.2, 0) is 0 Å². The maximum atomic E-state index is 13.2. The number of carbonyl (C=O) groups excluding carboxylic acids is 1. The molecule has 1 saturated heterocycles. The number of carbonyl (C=O) groups is 1. The summed E-state index contributed by atoms with van der Waals surface area (Å²) in [6.45, 7) is 1.82. The number of halogens is 1. The van der Waals surface area contributed by atoms with E-state index in [4.69, 9.17) is 16.3 Å². The molecule has 2 N–H and O–H groups in total. The predicted molar refractivity (Wildman–Crippen MR) is 127 cm³/mol. The van der Waals surface area contributed by atoms with E-state index in [9.17, 15) is 9.90 Å². The number of benzene rings is 2. The van der Waals surface area contributed by atoms with Gasteiger partial charge in [-0.25, -0.2) is 4.98 Å². The quantitative estimate of drug-likeness (QED) is 0.398. The van der Waals surface area contributed by atoms with Gasteiger partial charge in [0.25, 0.3) is 0 Å².